The van der Waals surface area contributed by atoms with E-state index in [2.05, 4.69) is 5.32 Å². The first-order valence-electron chi connectivity index (χ1n) is 6.00. The Balaban J connectivity index is 1.77. The molecule has 0 atom stereocenters. The monoisotopic (exact) mass is 241 g/mol. The lowest BCUT2D eigenvalue weighted by molar-refractivity contribution is 0.0782. The summed E-state index contributed by atoms with van der Waals surface area (Å²) in [6.45, 7) is 2.34. The topological polar surface area (TPSA) is 21.3 Å². The Morgan fingerprint density at radius 1 is 1.12 bits per heavy atom. The standard InChI is InChI=1S/C13H17F2NO/c14-11-7-10(8-12(15)9-11)1-4-16-13-2-5-17-6-3-13/h7-9,13,16H,1-6H2. The summed E-state index contributed by atoms with van der Waals surface area (Å²) < 4.78 is 31.1. The van der Waals surface area contributed by atoms with Gasteiger partial charge in [-0.1, -0.05) is 0 Å². The summed E-state index contributed by atoms with van der Waals surface area (Å²) in [6, 6.07) is 4.14. The van der Waals surface area contributed by atoms with Crippen LogP contribution in [0.3, 0.4) is 0 Å². The lowest BCUT2D eigenvalue weighted by atomic mass is 10.1. The van der Waals surface area contributed by atoms with Crippen LogP contribution in [0.1, 0.15) is 18.4 Å². The van der Waals surface area contributed by atoms with E-state index in [4.69, 9.17) is 4.74 Å². The van der Waals surface area contributed by atoms with Crippen LogP contribution in [-0.2, 0) is 11.2 Å². The van der Waals surface area contributed by atoms with E-state index in [1.807, 2.05) is 0 Å². The average molecular weight is 241 g/mol. The van der Waals surface area contributed by atoms with E-state index >= 15 is 0 Å². The van der Waals surface area contributed by atoms with E-state index < -0.39 is 11.6 Å². The Morgan fingerprint density at radius 2 is 1.76 bits per heavy atom. The second kappa shape index (κ2) is 6.07. The third kappa shape index (κ3) is 4.06. The van der Waals surface area contributed by atoms with Crippen molar-refractivity contribution in [1.29, 1.82) is 0 Å². The fourth-order valence-electron chi connectivity index (χ4n) is 2.08. The molecule has 1 aromatic carbocycles. The Bertz CT molecular complexity index is 344. The molecule has 0 radical (unpaired) electrons. The zero-order valence-corrected chi connectivity index (χ0v) is 9.72. The van der Waals surface area contributed by atoms with Crippen molar-refractivity contribution < 1.29 is 13.5 Å². The SMILES string of the molecule is Fc1cc(F)cc(CCNC2CCOCC2)c1. The van der Waals surface area contributed by atoms with E-state index in [1.165, 1.54) is 12.1 Å². The summed E-state index contributed by atoms with van der Waals surface area (Å²) in [6.07, 6.45) is 2.67. The van der Waals surface area contributed by atoms with Crippen molar-refractivity contribution in [2.45, 2.75) is 25.3 Å². The fourth-order valence-corrected chi connectivity index (χ4v) is 2.08. The number of benzene rings is 1. The highest BCUT2D eigenvalue weighted by molar-refractivity contribution is 5.18. The molecule has 0 bridgehead atoms. The molecule has 0 aromatic heterocycles. The first-order chi connectivity index (χ1) is 8.24. The molecule has 1 aliphatic rings. The van der Waals surface area contributed by atoms with E-state index in [0.717, 1.165) is 38.7 Å². The van der Waals surface area contributed by atoms with Crippen LogP contribution in [0, 0.1) is 11.6 Å². The molecule has 4 heteroatoms. The molecule has 17 heavy (non-hydrogen) atoms. The molecule has 1 heterocycles. The zero-order chi connectivity index (χ0) is 12.1. The highest BCUT2D eigenvalue weighted by Gasteiger charge is 2.12. The molecule has 2 rings (SSSR count). The highest BCUT2D eigenvalue weighted by Crippen LogP contribution is 2.09. The number of hydrogen-bond acceptors (Lipinski definition) is 2. The van der Waals surface area contributed by atoms with Gasteiger partial charge in [0.1, 0.15) is 11.6 Å². The smallest absolute Gasteiger partial charge is 0.126 e. The normalized spacial score (nSPS) is 17.3. The lowest BCUT2D eigenvalue weighted by Gasteiger charge is -2.23. The Labute approximate surface area is 100.0 Å². The maximum Gasteiger partial charge on any atom is 0.126 e. The van der Waals surface area contributed by atoms with E-state index in [1.54, 1.807) is 0 Å². The van der Waals surface area contributed by atoms with Gasteiger partial charge >= 0.3 is 0 Å². The molecule has 94 valence electrons. The van der Waals surface area contributed by atoms with E-state index in [0.29, 0.717) is 18.0 Å². The van der Waals surface area contributed by atoms with Crippen LogP contribution in [0.2, 0.25) is 0 Å². The van der Waals surface area contributed by atoms with Crippen molar-refractivity contribution in [3.8, 4) is 0 Å². The van der Waals surface area contributed by atoms with Crippen molar-refractivity contribution >= 4 is 0 Å². The van der Waals surface area contributed by atoms with Gasteiger partial charge in [-0.15, -0.1) is 0 Å². The van der Waals surface area contributed by atoms with Gasteiger partial charge in [0, 0.05) is 25.3 Å². The molecule has 1 N–H and O–H groups in total. The summed E-state index contributed by atoms with van der Waals surface area (Å²) in [5, 5.41) is 3.38. The van der Waals surface area contributed by atoms with Crippen LogP contribution in [0.15, 0.2) is 18.2 Å². The van der Waals surface area contributed by atoms with Crippen LogP contribution >= 0.6 is 0 Å². The van der Waals surface area contributed by atoms with Crippen LogP contribution in [-0.4, -0.2) is 25.8 Å². The Hall–Kier alpha value is -1.00. The van der Waals surface area contributed by atoms with Crippen LogP contribution < -0.4 is 5.32 Å². The molecule has 2 nitrogen and oxygen atoms in total. The molecular weight excluding hydrogens is 224 g/mol. The van der Waals surface area contributed by atoms with Gasteiger partial charge < -0.3 is 10.1 Å². The molecule has 0 unspecified atom stereocenters. The number of halogens is 2. The Morgan fingerprint density at radius 3 is 2.41 bits per heavy atom. The molecule has 0 spiro atoms. The molecule has 1 saturated heterocycles. The molecule has 0 saturated carbocycles. The Kier molecular flexibility index (Phi) is 4.45. The maximum atomic E-state index is 12.9. The van der Waals surface area contributed by atoms with Crippen molar-refractivity contribution in [2.75, 3.05) is 19.8 Å². The summed E-state index contributed by atoms with van der Waals surface area (Å²) in [5.74, 6) is -1.02. The van der Waals surface area contributed by atoms with Gasteiger partial charge in [0.05, 0.1) is 0 Å². The average Bonchev–Trinajstić information content (AvgIpc) is 2.29. The third-order valence-electron chi connectivity index (χ3n) is 2.99. The number of ether oxygens (including phenoxy) is 1. The van der Waals surface area contributed by atoms with Crippen molar-refractivity contribution in [1.82, 2.24) is 5.32 Å². The van der Waals surface area contributed by atoms with Gasteiger partial charge in [-0.3, -0.25) is 0 Å². The second-order valence-electron chi connectivity index (χ2n) is 4.37. The predicted molar refractivity (Wildman–Crippen MR) is 61.9 cm³/mol. The molecule has 0 amide bonds. The van der Waals surface area contributed by atoms with Crippen LogP contribution in [0.25, 0.3) is 0 Å². The van der Waals surface area contributed by atoms with Crippen LogP contribution in [0.4, 0.5) is 8.78 Å². The molecular formula is C13H17F2NO. The van der Waals surface area contributed by atoms with Crippen LogP contribution in [0.5, 0.6) is 0 Å². The highest BCUT2D eigenvalue weighted by atomic mass is 19.1. The number of nitrogens with one attached hydrogen (secondary N) is 1. The van der Waals surface area contributed by atoms with Gasteiger partial charge in [-0.25, -0.2) is 8.78 Å². The predicted octanol–water partition coefficient (Wildman–Crippen LogP) is 2.28. The summed E-state index contributed by atoms with van der Waals surface area (Å²) in [4.78, 5) is 0. The summed E-state index contributed by atoms with van der Waals surface area (Å²) in [5.41, 5.74) is 0.696. The van der Waals surface area contributed by atoms with Crippen molar-refractivity contribution in [3.05, 3.63) is 35.4 Å². The van der Waals surface area contributed by atoms with E-state index in [9.17, 15) is 8.78 Å². The van der Waals surface area contributed by atoms with Gasteiger partial charge in [-0.2, -0.15) is 0 Å². The molecule has 0 aliphatic carbocycles. The quantitative estimate of drug-likeness (QED) is 0.873. The first-order valence-corrected chi connectivity index (χ1v) is 6.00. The number of hydrogen-bond donors (Lipinski definition) is 1. The zero-order valence-electron chi connectivity index (χ0n) is 9.72. The van der Waals surface area contributed by atoms with Gasteiger partial charge in [0.2, 0.25) is 0 Å². The molecule has 1 fully saturated rings. The third-order valence-corrected chi connectivity index (χ3v) is 2.99. The fraction of sp³-hybridized carbons (Fsp3) is 0.538. The summed E-state index contributed by atoms with van der Waals surface area (Å²) in [7, 11) is 0. The van der Waals surface area contributed by atoms with Gasteiger partial charge in [0.15, 0.2) is 0 Å². The van der Waals surface area contributed by atoms with E-state index in [-0.39, 0.29) is 0 Å². The minimum absolute atomic E-state index is 0.474. The van der Waals surface area contributed by atoms with Gasteiger partial charge in [-0.05, 0) is 43.5 Å². The van der Waals surface area contributed by atoms with Crippen molar-refractivity contribution in [2.24, 2.45) is 0 Å². The maximum absolute atomic E-state index is 12.9. The second-order valence-corrected chi connectivity index (χ2v) is 4.37. The first kappa shape index (κ1) is 12.5. The lowest BCUT2D eigenvalue weighted by Crippen LogP contribution is -2.35. The summed E-state index contributed by atoms with van der Waals surface area (Å²) >= 11 is 0. The van der Waals surface area contributed by atoms with Gasteiger partial charge in [0.25, 0.3) is 0 Å². The van der Waals surface area contributed by atoms with Crippen molar-refractivity contribution in [3.63, 3.8) is 0 Å². The minimum Gasteiger partial charge on any atom is -0.381 e. The number of rotatable bonds is 4. The largest absolute Gasteiger partial charge is 0.381 e. The molecule has 1 aliphatic heterocycles. The minimum atomic E-state index is -0.508. The molecule has 1 aromatic rings.